The summed E-state index contributed by atoms with van der Waals surface area (Å²) in [4.78, 5) is 28.4. The van der Waals surface area contributed by atoms with Crippen molar-refractivity contribution in [3.63, 3.8) is 0 Å². The fourth-order valence-electron chi connectivity index (χ4n) is 4.02. The Balaban J connectivity index is 1.81. The molecule has 2 heterocycles. The zero-order valence-corrected chi connectivity index (χ0v) is 16.5. The van der Waals surface area contributed by atoms with Gasteiger partial charge in [0.1, 0.15) is 11.4 Å². The summed E-state index contributed by atoms with van der Waals surface area (Å²) in [5.74, 6) is -0.779. The van der Waals surface area contributed by atoms with Crippen molar-refractivity contribution in [2.75, 3.05) is 4.90 Å². The number of benzene rings is 3. The molecule has 5 rings (SSSR count). The summed E-state index contributed by atoms with van der Waals surface area (Å²) in [6, 6.07) is 18.0. The van der Waals surface area contributed by atoms with Crippen molar-refractivity contribution in [1.29, 1.82) is 0 Å². The van der Waals surface area contributed by atoms with Crippen LogP contribution in [0.4, 0.5) is 10.1 Å². The van der Waals surface area contributed by atoms with Crippen LogP contribution in [0.1, 0.15) is 38.9 Å². The number of carbonyl (C=O) groups is 1. The third kappa shape index (κ3) is 2.74. The Hall–Kier alpha value is -3.73. The molecule has 30 heavy (non-hydrogen) atoms. The van der Waals surface area contributed by atoms with E-state index in [9.17, 15) is 14.0 Å². The van der Waals surface area contributed by atoms with E-state index in [1.807, 2.05) is 44.2 Å². The molecule has 0 saturated heterocycles. The maximum absolute atomic E-state index is 13.5. The van der Waals surface area contributed by atoms with Crippen LogP contribution in [0.5, 0.6) is 0 Å². The lowest BCUT2D eigenvalue weighted by Gasteiger charge is -2.25. The van der Waals surface area contributed by atoms with Crippen LogP contribution in [0, 0.1) is 19.7 Å². The van der Waals surface area contributed by atoms with Gasteiger partial charge < -0.3 is 4.42 Å². The highest BCUT2D eigenvalue weighted by Crippen LogP contribution is 2.41. The van der Waals surface area contributed by atoms with Crippen molar-refractivity contribution in [1.82, 2.24) is 0 Å². The fraction of sp³-hybridized carbons (Fsp3) is 0.120. The number of fused-ring (bicyclic) bond motifs is 2. The van der Waals surface area contributed by atoms with Crippen LogP contribution in [0.3, 0.4) is 0 Å². The number of hydrogen-bond donors (Lipinski definition) is 0. The van der Waals surface area contributed by atoms with E-state index in [4.69, 9.17) is 4.42 Å². The van der Waals surface area contributed by atoms with Crippen molar-refractivity contribution in [2.24, 2.45) is 0 Å². The molecule has 1 aromatic heterocycles. The van der Waals surface area contributed by atoms with Crippen LogP contribution >= 0.6 is 0 Å². The van der Waals surface area contributed by atoms with Gasteiger partial charge in [-0.2, -0.15) is 0 Å². The van der Waals surface area contributed by atoms with Gasteiger partial charge in [-0.3, -0.25) is 14.5 Å². The second-order valence-corrected chi connectivity index (χ2v) is 7.64. The molecule has 1 atom stereocenters. The number of aryl methyl sites for hydroxylation is 2. The highest BCUT2D eigenvalue weighted by atomic mass is 19.1. The summed E-state index contributed by atoms with van der Waals surface area (Å²) >= 11 is 0. The van der Waals surface area contributed by atoms with Gasteiger partial charge in [0.15, 0.2) is 5.43 Å². The molecular formula is C25H18FNO3. The van der Waals surface area contributed by atoms with Gasteiger partial charge in [-0.15, -0.1) is 0 Å². The van der Waals surface area contributed by atoms with Gasteiger partial charge in [-0.25, -0.2) is 4.39 Å². The average Bonchev–Trinajstić information content (AvgIpc) is 3.03. The van der Waals surface area contributed by atoms with Crippen LogP contribution in [0.2, 0.25) is 0 Å². The number of nitrogens with zero attached hydrogens (tertiary/aromatic N) is 1. The van der Waals surface area contributed by atoms with Gasteiger partial charge in [0.25, 0.3) is 5.91 Å². The Kier molecular flexibility index (Phi) is 4.07. The summed E-state index contributed by atoms with van der Waals surface area (Å²) in [6.45, 7) is 3.87. The second-order valence-electron chi connectivity index (χ2n) is 7.64. The lowest BCUT2D eigenvalue weighted by Crippen LogP contribution is -2.29. The molecule has 0 N–H and O–H groups in total. The lowest BCUT2D eigenvalue weighted by atomic mass is 9.97. The maximum Gasteiger partial charge on any atom is 0.295 e. The van der Waals surface area contributed by atoms with Gasteiger partial charge in [-0.05, 0) is 55.8 Å². The van der Waals surface area contributed by atoms with Crippen LogP contribution < -0.4 is 10.3 Å². The minimum atomic E-state index is -0.653. The molecule has 0 aliphatic carbocycles. The Morgan fingerprint density at radius 3 is 2.23 bits per heavy atom. The number of halogens is 1. The molecule has 4 nitrogen and oxygen atoms in total. The summed E-state index contributed by atoms with van der Waals surface area (Å²) < 4.78 is 19.5. The SMILES string of the molecule is Cc1ccc(C2c3c(oc4ccc(C)cc4c3=O)C(=O)N2c2ccc(F)cc2)cc1. The number of rotatable bonds is 2. The van der Waals surface area contributed by atoms with Crippen LogP contribution in [-0.2, 0) is 0 Å². The van der Waals surface area contributed by atoms with E-state index in [2.05, 4.69) is 0 Å². The van der Waals surface area contributed by atoms with Crippen molar-refractivity contribution < 1.29 is 13.6 Å². The van der Waals surface area contributed by atoms with Crippen LogP contribution in [0.25, 0.3) is 11.0 Å². The number of carbonyl (C=O) groups excluding carboxylic acids is 1. The summed E-state index contributed by atoms with van der Waals surface area (Å²) in [5, 5.41) is 0.444. The number of anilines is 1. The summed E-state index contributed by atoms with van der Waals surface area (Å²) in [6.07, 6.45) is 0. The summed E-state index contributed by atoms with van der Waals surface area (Å²) in [7, 11) is 0. The van der Waals surface area contributed by atoms with Crippen LogP contribution in [-0.4, -0.2) is 5.91 Å². The minimum absolute atomic E-state index is 0.0336. The Bertz CT molecular complexity index is 1350. The van der Waals surface area contributed by atoms with E-state index < -0.39 is 17.8 Å². The molecule has 1 amide bonds. The first-order valence-electron chi connectivity index (χ1n) is 9.67. The Labute approximate surface area is 172 Å². The fourth-order valence-corrected chi connectivity index (χ4v) is 4.02. The zero-order valence-electron chi connectivity index (χ0n) is 16.5. The van der Waals surface area contributed by atoms with Gasteiger partial charge in [0, 0.05) is 5.69 Å². The maximum atomic E-state index is 13.5. The molecule has 0 bridgehead atoms. The number of hydrogen-bond acceptors (Lipinski definition) is 3. The molecule has 0 spiro atoms. The first kappa shape index (κ1) is 18.3. The molecule has 0 fully saturated rings. The van der Waals surface area contributed by atoms with E-state index in [1.165, 1.54) is 29.2 Å². The summed E-state index contributed by atoms with van der Waals surface area (Å²) in [5.41, 5.74) is 3.75. The monoisotopic (exact) mass is 399 g/mol. The Morgan fingerprint density at radius 1 is 0.867 bits per heavy atom. The third-order valence-corrected chi connectivity index (χ3v) is 5.52. The zero-order chi connectivity index (χ0) is 21.0. The number of amides is 1. The predicted octanol–water partition coefficient (Wildman–Crippen LogP) is 5.30. The van der Waals surface area contributed by atoms with E-state index in [-0.39, 0.29) is 11.2 Å². The predicted molar refractivity (Wildman–Crippen MR) is 113 cm³/mol. The molecule has 3 aromatic carbocycles. The first-order chi connectivity index (χ1) is 14.4. The molecule has 1 unspecified atom stereocenters. The van der Waals surface area contributed by atoms with Crippen molar-refractivity contribution >= 4 is 22.6 Å². The normalized spacial score (nSPS) is 15.6. The third-order valence-electron chi connectivity index (χ3n) is 5.52. The molecule has 1 aliphatic rings. The highest BCUT2D eigenvalue weighted by Gasteiger charge is 2.43. The van der Waals surface area contributed by atoms with E-state index in [0.29, 0.717) is 22.2 Å². The molecule has 0 radical (unpaired) electrons. The van der Waals surface area contributed by atoms with E-state index >= 15 is 0 Å². The van der Waals surface area contributed by atoms with Crippen molar-refractivity contribution in [3.05, 3.63) is 111 Å². The van der Waals surface area contributed by atoms with Gasteiger partial charge in [0.05, 0.1) is 17.0 Å². The lowest BCUT2D eigenvalue weighted by molar-refractivity contribution is 0.0971. The minimum Gasteiger partial charge on any atom is -0.450 e. The van der Waals surface area contributed by atoms with Crippen LogP contribution in [0.15, 0.2) is 75.9 Å². The average molecular weight is 399 g/mol. The van der Waals surface area contributed by atoms with Gasteiger partial charge in [0.2, 0.25) is 5.76 Å². The highest BCUT2D eigenvalue weighted by molar-refractivity contribution is 6.10. The Morgan fingerprint density at radius 2 is 1.53 bits per heavy atom. The first-order valence-corrected chi connectivity index (χ1v) is 9.67. The standard InChI is InChI=1S/C25H18FNO3/c1-14-3-6-16(7-4-14)22-21-23(28)19-13-15(2)5-12-20(19)30-24(21)25(29)27(22)18-10-8-17(26)9-11-18/h3-13,22H,1-2H3. The molecule has 5 heteroatoms. The largest absolute Gasteiger partial charge is 0.450 e. The molecule has 1 aliphatic heterocycles. The van der Waals surface area contributed by atoms with Crippen molar-refractivity contribution in [2.45, 2.75) is 19.9 Å². The molecule has 0 saturated carbocycles. The molecule has 4 aromatic rings. The molecular weight excluding hydrogens is 381 g/mol. The quantitative estimate of drug-likeness (QED) is 0.460. The van der Waals surface area contributed by atoms with Gasteiger partial charge >= 0.3 is 0 Å². The van der Waals surface area contributed by atoms with E-state index in [1.54, 1.807) is 12.1 Å². The topological polar surface area (TPSA) is 50.5 Å². The van der Waals surface area contributed by atoms with E-state index in [0.717, 1.165) is 16.7 Å². The smallest absolute Gasteiger partial charge is 0.295 e. The second kappa shape index (κ2) is 6.66. The molecule has 148 valence electrons. The van der Waals surface area contributed by atoms with Gasteiger partial charge in [-0.1, -0.05) is 41.5 Å². The van der Waals surface area contributed by atoms with Crippen molar-refractivity contribution in [3.8, 4) is 0 Å².